The summed E-state index contributed by atoms with van der Waals surface area (Å²) in [5.41, 5.74) is 0.687. The van der Waals surface area contributed by atoms with Gasteiger partial charge in [0.1, 0.15) is 0 Å². The van der Waals surface area contributed by atoms with E-state index < -0.39 is 0 Å². The highest BCUT2D eigenvalue weighted by atomic mass is 16.2. The molecular weight excluding hydrogens is 238 g/mol. The molecule has 2 rings (SSSR count). The van der Waals surface area contributed by atoms with Gasteiger partial charge in [-0.3, -0.25) is 9.59 Å². The molecule has 0 radical (unpaired) electrons. The average molecular weight is 259 g/mol. The van der Waals surface area contributed by atoms with E-state index in [0.717, 1.165) is 25.7 Å². The zero-order chi connectivity index (χ0) is 13.7. The lowest BCUT2D eigenvalue weighted by atomic mass is 9.81. The molecule has 1 aliphatic rings. The van der Waals surface area contributed by atoms with Gasteiger partial charge in [0.05, 0.1) is 6.04 Å². The molecule has 0 aromatic heterocycles. The molecule has 1 aromatic rings. The second kappa shape index (κ2) is 6.50. The Morgan fingerprint density at radius 2 is 1.74 bits per heavy atom. The van der Waals surface area contributed by atoms with Gasteiger partial charge in [-0.2, -0.15) is 0 Å². The molecule has 1 amide bonds. The molecule has 1 atom stereocenters. The third-order valence-corrected chi connectivity index (χ3v) is 3.82. The molecule has 0 heterocycles. The van der Waals surface area contributed by atoms with Crippen molar-refractivity contribution in [3.8, 4) is 0 Å². The van der Waals surface area contributed by atoms with E-state index in [-0.39, 0.29) is 23.7 Å². The summed E-state index contributed by atoms with van der Waals surface area (Å²) < 4.78 is 0. The van der Waals surface area contributed by atoms with Gasteiger partial charge in [0.15, 0.2) is 5.78 Å². The lowest BCUT2D eigenvalue weighted by molar-refractivity contribution is -0.119. The molecule has 1 aliphatic carbocycles. The maximum absolute atomic E-state index is 12.6. The zero-order valence-corrected chi connectivity index (χ0v) is 11.4. The number of ketones is 1. The number of nitrogens with one attached hydrogen (secondary N) is 1. The van der Waals surface area contributed by atoms with Crippen LogP contribution < -0.4 is 5.32 Å². The largest absolute Gasteiger partial charge is 0.346 e. The second-order valence-electron chi connectivity index (χ2n) is 5.31. The van der Waals surface area contributed by atoms with Crippen LogP contribution in [0.1, 0.15) is 49.4 Å². The van der Waals surface area contributed by atoms with Gasteiger partial charge in [0.2, 0.25) is 5.91 Å². The summed E-state index contributed by atoms with van der Waals surface area (Å²) in [6.07, 6.45) is 5.61. The molecule has 102 valence electrons. The fourth-order valence-electron chi connectivity index (χ4n) is 2.87. The fraction of sp³-hybridized carbons (Fsp3) is 0.500. The molecule has 19 heavy (non-hydrogen) atoms. The van der Waals surface area contributed by atoms with Gasteiger partial charge in [-0.15, -0.1) is 0 Å². The minimum absolute atomic E-state index is 0.0442. The summed E-state index contributed by atoms with van der Waals surface area (Å²) >= 11 is 0. The Labute approximate surface area is 114 Å². The highest BCUT2D eigenvalue weighted by Gasteiger charge is 2.30. The normalized spacial score (nSPS) is 17.7. The predicted octanol–water partition coefficient (Wildman–Crippen LogP) is 2.95. The number of hydrogen-bond acceptors (Lipinski definition) is 2. The summed E-state index contributed by atoms with van der Waals surface area (Å²) in [6, 6.07) is 8.89. The van der Waals surface area contributed by atoms with Crippen molar-refractivity contribution in [2.75, 3.05) is 0 Å². The summed E-state index contributed by atoms with van der Waals surface area (Å²) in [5, 5.41) is 2.86. The number of Topliss-reactive ketones (excluding diaryl/α,β-unsaturated/α-hetero) is 1. The summed E-state index contributed by atoms with van der Waals surface area (Å²) in [5.74, 6) is 0.202. The molecule has 0 spiro atoms. The van der Waals surface area contributed by atoms with Gasteiger partial charge in [-0.1, -0.05) is 49.6 Å². The van der Waals surface area contributed by atoms with Crippen molar-refractivity contribution in [3.63, 3.8) is 0 Å². The first kappa shape index (κ1) is 13.8. The summed E-state index contributed by atoms with van der Waals surface area (Å²) in [4.78, 5) is 23.9. The van der Waals surface area contributed by atoms with Crippen LogP contribution in [0.25, 0.3) is 0 Å². The number of amides is 1. The fourth-order valence-corrected chi connectivity index (χ4v) is 2.87. The molecule has 1 N–H and O–H groups in total. The Kier molecular flexibility index (Phi) is 4.72. The average Bonchev–Trinajstić information content (AvgIpc) is 2.46. The smallest absolute Gasteiger partial charge is 0.217 e. The molecule has 1 aromatic carbocycles. The summed E-state index contributed by atoms with van der Waals surface area (Å²) in [6.45, 7) is 1.48. The van der Waals surface area contributed by atoms with Crippen LogP contribution in [0.3, 0.4) is 0 Å². The molecule has 1 fully saturated rings. The minimum atomic E-state index is -0.361. The van der Waals surface area contributed by atoms with Crippen molar-refractivity contribution >= 4 is 11.7 Å². The maximum atomic E-state index is 12.6. The van der Waals surface area contributed by atoms with Crippen molar-refractivity contribution in [2.45, 2.75) is 45.1 Å². The van der Waals surface area contributed by atoms with Gasteiger partial charge in [-0.05, 0) is 18.8 Å². The monoisotopic (exact) mass is 259 g/mol. The van der Waals surface area contributed by atoms with Crippen LogP contribution in [0.2, 0.25) is 0 Å². The standard InChI is InChI=1S/C16H21NO2/c1-12(18)17-15(13-8-4-2-5-9-13)16(19)14-10-6-3-7-11-14/h3,6-7,10-11,13,15H,2,4-5,8-9H2,1H3,(H,17,18)/t15-/m0/s1. The molecule has 0 unspecified atom stereocenters. The van der Waals surface area contributed by atoms with E-state index in [1.165, 1.54) is 13.3 Å². The molecular formula is C16H21NO2. The Hall–Kier alpha value is -1.64. The predicted molar refractivity (Wildman–Crippen MR) is 75.0 cm³/mol. The highest BCUT2D eigenvalue weighted by Crippen LogP contribution is 2.28. The van der Waals surface area contributed by atoms with E-state index >= 15 is 0 Å². The van der Waals surface area contributed by atoms with E-state index in [1.54, 1.807) is 0 Å². The van der Waals surface area contributed by atoms with Crippen molar-refractivity contribution in [3.05, 3.63) is 35.9 Å². The van der Waals surface area contributed by atoms with E-state index in [9.17, 15) is 9.59 Å². The Balaban J connectivity index is 2.16. The number of hydrogen-bond donors (Lipinski definition) is 1. The van der Waals surface area contributed by atoms with Crippen LogP contribution in [0.5, 0.6) is 0 Å². The second-order valence-corrected chi connectivity index (χ2v) is 5.31. The SMILES string of the molecule is CC(=O)N[C@H](C(=O)c1ccccc1)C1CCCCC1. The summed E-state index contributed by atoms with van der Waals surface area (Å²) in [7, 11) is 0. The van der Waals surface area contributed by atoms with E-state index in [2.05, 4.69) is 5.32 Å². The van der Waals surface area contributed by atoms with Gasteiger partial charge in [0.25, 0.3) is 0 Å². The molecule has 0 aliphatic heterocycles. The zero-order valence-electron chi connectivity index (χ0n) is 11.4. The lowest BCUT2D eigenvalue weighted by Gasteiger charge is -2.29. The number of rotatable bonds is 4. The Bertz CT molecular complexity index is 435. The molecule has 3 nitrogen and oxygen atoms in total. The van der Waals surface area contributed by atoms with Crippen molar-refractivity contribution < 1.29 is 9.59 Å². The van der Waals surface area contributed by atoms with Gasteiger partial charge >= 0.3 is 0 Å². The number of benzene rings is 1. The van der Waals surface area contributed by atoms with E-state index in [4.69, 9.17) is 0 Å². The van der Waals surface area contributed by atoms with Gasteiger partial charge in [-0.25, -0.2) is 0 Å². The van der Waals surface area contributed by atoms with Crippen molar-refractivity contribution in [1.82, 2.24) is 5.32 Å². The molecule has 0 bridgehead atoms. The van der Waals surface area contributed by atoms with E-state index in [0.29, 0.717) is 5.56 Å². The third-order valence-electron chi connectivity index (χ3n) is 3.82. The number of carbonyl (C=O) groups excluding carboxylic acids is 2. The topological polar surface area (TPSA) is 46.2 Å². The first-order chi connectivity index (χ1) is 9.18. The van der Waals surface area contributed by atoms with Crippen molar-refractivity contribution in [1.29, 1.82) is 0 Å². The third kappa shape index (κ3) is 3.66. The van der Waals surface area contributed by atoms with Crippen LogP contribution in [-0.4, -0.2) is 17.7 Å². The number of carbonyl (C=O) groups is 2. The molecule has 0 saturated heterocycles. The molecule has 3 heteroatoms. The van der Waals surface area contributed by atoms with Crippen molar-refractivity contribution in [2.24, 2.45) is 5.92 Å². The van der Waals surface area contributed by atoms with E-state index in [1.807, 2.05) is 30.3 Å². The highest BCUT2D eigenvalue weighted by molar-refractivity contribution is 6.01. The Morgan fingerprint density at radius 3 is 2.32 bits per heavy atom. The van der Waals surface area contributed by atoms with Crippen LogP contribution in [-0.2, 0) is 4.79 Å². The Morgan fingerprint density at radius 1 is 1.11 bits per heavy atom. The minimum Gasteiger partial charge on any atom is -0.346 e. The first-order valence-corrected chi connectivity index (χ1v) is 7.05. The van der Waals surface area contributed by atoms with Crippen LogP contribution >= 0.6 is 0 Å². The van der Waals surface area contributed by atoms with Crippen LogP contribution in [0.15, 0.2) is 30.3 Å². The quantitative estimate of drug-likeness (QED) is 0.845. The van der Waals surface area contributed by atoms with Gasteiger partial charge in [0, 0.05) is 12.5 Å². The van der Waals surface area contributed by atoms with Crippen LogP contribution in [0.4, 0.5) is 0 Å². The maximum Gasteiger partial charge on any atom is 0.217 e. The first-order valence-electron chi connectivity index (χ1n) is 7.05. The molecule has 1 saturated carbocycles. The van der Waals surface area contributed by atoms with Crippen LogP contribution in [0, 0.1) is 5.92 Å². The van der Waals surface area contributed by atoms with Gasteiger partial charge < -0.3 is 5.32 Å². The lowest BCUT2D eigenvalue weighted by Crippen LogP contribution is -2.45.